The Bertz CT molecular complexity index is 1190. The Balaban J connectivity index is 1.73. The van der Waals surface area contributed by atoms with E-state index in [4.69, 9.17) is 4.52 Å². The molecule has 7 nitrogen and oxygen atoms in total. The van der Waals surface area contributed by atoms with Crippen LogP contribution < -0.4 is 5.56 Å². The number of aryl methyl sites for hydroxylation is 2. The monoisotopic (exact) mass is 403 g/mol. The zero-order valence-electron chi connectivity index (χ0n) is 15.3. The molecule has 4 rings (SSSR count). The number of nitrogens with zero attached hydrogens (tertiary/aromatic N) is 3. The molecule has 0 fully saturated rings. The summed E-state index contributed by atoms with van der Waals surface area (Å²) in [4.78, 5) is 12.5. The van der Waals surface area contributed by atoms with Gasteiger partial charge < -0.3 is 4.52 Å². The number of aromatic nitrogens is 2. The normalized spacial score (nSPS) is 14.8. The van der Waals surface area contributed by atoms with Crippen molar-refractivity contribution in [3.63, 3.8) is 0 Å². The molecule has 0 saturated heterocycles. The van der Waals surface area contributed by atoms with E-state index in [2.05, 4.69) is 5.16 Å². The third kappa shape index (κ3) is 3.06. The maximum atomic E-state index is 13.2. The fraction of sp³-hybridized carbons (Fsp3) is 0.263. The van der Waals surface area contributed by atoms with Gasteiger partial charge in [0.2, 0.25) is 10.0 Å². The maximum absolute atomic E-state index is 13.2. The molecule has 1 aliphatic rings. The van der Waals surface area contributed by atoms with Crippen molar-refractivity contribution in [2.75, 3.05) is 6.54 Å². The van der Waals surface area contributed by atoms with Crippen molar-refractivity contribution in [1.82, 2.24) is 14.0 Å². The first-order valence-corrected chi connectivity index (χ1v) is 10.1. The molecule has 3 heterocycles. The highest BCUT2D eigenvalue weighted by molar-refractivity contribution is 7.89. The summed E-state index contributed by atoms with van der Waals surface area (Å²) in [5, 5.41) is 3.74. The third-order valence-corrected chi connectivity index (χ3v) is 6.97. The van der Waals surface area contributed by atoms with Crippen LogP contribution in [0.3, 0.4) is 0 Å². The van der Waals surface area contributed by atoms with E-state index in [0.29, 0.717) is 17.8 Å². The molecule has 0 aliphatic carbocycles. The summed E-state index contributed by atoms with van der Waals surface area (Å²) in [6.45, 7) is 3.55. The van der Waals surface area contributed by atoms with E-state index in [-0.39, 0.29) is 29.3 Å². The van der Waals surface area contributed by atoms with Gasteiger partial charge in [-0.05, 0) is 55.7 Å². The van der Waals surface area contributed by atoms with Crippen molar-refractivity contribution in [2.45, 2.75) is 31.7 Å². The summed E-state index contributed by atoms with van der Waals surface area (Å²) in [6, 6.07) is 7.07. The first-order valence-electron chi connectivity index (χ1n) is 8.71. The quantitative estimate of drug-likeness (QED) is 0.670. The number of rotatable bonds is 3. The highest BCUT2D eigenvalue weighted by Crippen LogP contribution is 2.28. The SMILES string of the molecule is Cc1noc(C)c1S(=O)(=O)N1CCc2cc(=O)n(-c3ccc(F)cc3)cc2C1. The lowest BCUT2D eigenvalue weighted by Gasteiger charge is -2.28. The maximum Gasteiger partial charge on any atom is 0.255 e. The number of fused-ring (bicyclic) bond motifs is 1. The van der Waals surface area contributed by atoms with Gasteiger partial charge in [0.25, 0.3) is 5.56 Å². The van der Waals surface area contributed by atoms with E-state index >= 15 is 0 Å². The van der Waals surface area contributed by atoms with Crippen LogP contribution in [0.15, 0.2) is 50.7 Å². The predicted octanol–water partition coefficient (Wildman–Crippen LogP) is 2.33. The summed E-state index contributed by atoms with van der Waals surface area (Å²) in [5.74, 6) is -0.147. The zero-order valence-corrected chi connectivity index (χ0v) is 16.2. The van der Waals surface area contributed by atoms with Crippen LogP contribution in [0.4, 0.5) is 4.39 Å². The second-order valence-electron chi connectivity index (χ2n) is 6.75. The number of halogens is 1. The Labute approximate surface area is 161 Å². The lowest BCUT2D eigenvalue weighted by atomic mass is 10.0. The molecule has 0 amide bonds. The summed E-state index contributed by atoms with van der Waals surface area (Å²) in [7, 11) is -3.78. The molecule has 9 heteroatoms. The number of pyridine rings is 1. The highest BCUT2D eigenvalue weighted by Gasteiger charge is 2.33. The van der Waals surface area contributed by atoms with E-state index in [9.17, 15) is 17.6 Å². The van der Waals surface area contributed by atoms with Crippen LogP contribution in [-0.2, 0) is 23.0 Å². The Kier molecular flexibility index (Phi) is 4.43. The standard InChI is InChI=1S/C19H18FN3O4S/c1-12-19(13(2)27-21-12)28(25,26)22-8-7-14-9-18(24)23(11-15(14)10-22)17-5-3-16(20)4-6-17/h3-6,9,11H,7-8,10H2,1-2H3. The van der Waals surface area contributed by atoms with E-state index in [1.54, 1.807) is 20.0 Å². The van der Waals surface area contributed by atoms with Crippen LogP contribution in [0.5, 0.6) is 0 Å². The molecule has 146 valence electrons. The van der Waals surface area contributed by atoms with Gasteiger partial charge in [-0.3, -0.25) is 9.36 Å². The van der Waals surface area contributed by atoms with Crippen LogP contribution in [0.2, 0.25) is 0 Å². The Morgan fingerprint density at radius 2 is 1.86 bits per heavy atom. The summed E-state index contributed by atoms with van der Waals surface area (Å²) < 4.78 is 47.1. The first kappa shape index (κ1) is 18.6. The van der Waals surface area contributed by atoms with E-state index in [1.807, 2.05) is 0 Å². The molecule has 0 radical (unpaired) electrons. The predicted molar refractivity (Wildman–Crippen MR) is 99.3 cm³/mol. The third-order valence-electron chi connectivity index (χ3n) is 4.88. The summed E-state index contributed by atoms with van der Waals surface area (Å²) >= 11 is 0. The smallest absolute Gasteiger partial charge is 0.255 e. The topological polar surface area (TPSA) is 85.4 Å². The highest BCUT2D eigenvalue weighted by atomic mass is 32.2. The van der Waals surface area contributed by atoms with Crippen LogP contribution in [0.25, 0.3) is 5.69 Å². The van der Waals surface area contributed by atoms with Crippen molar-refractivity contribution in [2.24, 2.45) is 0 Å². The lowest BCUT2D eigenvalue weighted by Crippen LogP contribution is -2.37. The van der Waals surface area contributed by atoms with Gasteiger partial charge in [0.05, 0.1) is 0 Å². The second kappa shape index (κ2) is 6.68. The number of hydrogen-bond donors (Lipinski definition) is 0. The van der Waals surface area contributed by atoms with Crippen LogP contribution in [0.1, 0.15) is 22.6 Å². The average Bonchev–Trinajstić information content (AvgIpc) is 3.00. The van der Waals surface area contributed by atoms with E-state index in [0.717, 1.165) is 11.1 Å². The molecular weight excluding hydrogens is 385 g/mol. The molecule has 3 aromatic rings. The fourth-order valence-corrected chi connectivity index (χ4v) is 5.19. The van der Waals surface area contributed by atoms with Crippen LogP contribution >= 0.6 is 0 Å². The van der Waals surface area contributed by atoms with Crippen molar-refractivity contribution in [3.8, 4) is 5.69 Å². The first-order chi connectivity index (χ1) is 13.3. The minimum atomic E-state index is -3.78. The Morgan fingerprint density at radius 1 is 1.14 bits per heavy atom. The van der Waals surface area contributed by atoms with Crippen molar-refractivity contribution in [1.29, 1.82) is 0 Å². The van der Waals surface area contributed by atoms with Gasteiger partial charge in [0, 0.05) is 31.0 Å². The molecule has 1 aromatic carbocycles. The molecule has 0 saturated carbocycles. The Morgan fingerprint density at radius 3 is 2.50 bits per heavy atom. The van der Waals surface area contributed by atoms with Gasteiger partial charge in [-0.2, -0.15) is 4.31 Å². The van der Waals surface area contributed by atoms with Gasteiger partial charge in [-0.1, -0.05) is 5.16 Å². The summed E-state index contributed by atoms with van der Waals surface area (Å²) in [5.41, 5.74) is 2.13. The van der Waals surface area contributed by atoms with Crippen molar-refractivity contribution < 1.29 is 17.3 Å². The zero-order chi connectivity index (χ0) is 20.1. The lowest BCUT2D eigenvalue weighted by molar-refractivity contribution is 0.381. The Hall–Kier alpha value is -2.78. The van der Waals surface area contributed by atoms with Crippen molar-refractivity contribution >= 4 is 10.0 Å². The molecule has 0 unspecified atom stereocenters. The fourth-order valence-electron chi connectivity index (χ4n) is 3.48. The van der Waals surface area contributed by atoms with E-state index in [1.165, 1.54) is 39.2 Å². The molecular formula is C19H18FN3O4S. The van der Waals surface area contributed by atoms with Gasteiger partial charge in [-0.25, -0.2) is 12.8 Å². The van der Waals surface area contributed by atoms with Crippen LogP contribution in [0, 0.1) is 19.7 Å². The van der Waals surface area contributed by atoms with Gasteiger partial charge in [-0.15, -0.1) is 0 Å². The molecule has 0 spiro atoms. The van der Waals surface area contributed by atoms with Gasteiger partial charge >= 0.3 is 0 Å². The molecule has 0 atom stereocenters. The number of sulfonamides is 1. The molecule has 2 aromatic heterocycles. The summed E-state index contributed by atoms with van der Waals surface area (Å²) in [6.07, 6.45) is 2.05. The molecule has 0 N–H and O–H groups in total. The van der Waals surface area contributed by atoms with E-state index < -0.39 is 15.8 Å². The largest absolute Gasteiger partial charge is 0.360 e. The second-order valence-corrected chi connectivity index (χ2v) is 8.63. The number of hydrogen-bond acceptors (Lipinski definition) is 5. The van der Waals surface area contributed by atoms with Gasteiger partial charge in [0.15, 0.2) is 5.76 Å². The minimum absolute atomic E-state index is 0.0859. The van der Waals surface area contributed by atoms with Gasteiger partial charge in [0.1, 0.15) is 16.4 Å². The number of benzene rings is 1. The molecule has 28 heavy (non-hydrogen) atoms. The molecule has 0 bridgehead atoms. The minimum Gasteiger partial charge on any atom is -0.360 e. The van der Waals surface area contributed by atoms with Crippen LogP contribution in [-0.4, -0.2) is 29.0 Å². The molecule has 1 aliphatic heterocycles. The van der Waals surface area contributed by atoms with Crippen molar-refractivity contribution in [3.05, 3.63) is 75.3 Å². The average molecular weight is 403 g/mol.